The summed E-state index contributed by atoms with van der Waals surface area (Å²) in [5.74, 6) is -0.148. The third kappa shape index (κ3) is 6.18. The predicted molar refractivity (Wildman–Crippen MR) is 121 cm³/mol. The van der Waals surface area contributed by atoms with Gasteiger partial charge in [-0.25, -0.2) is 4.79 Å². The standard InChI is InChI=1S/C25H29NO5/c1-2-3-13-30-14-15-31-23-9-6-19(7-10-23)20-8-11-24-22(16-20)17-21(25(28)29)5-4-12-26(24)18-27/h6-11,16-18H,2-5,12-15H2,1H3,(H,28,29)/b21-17+. The molecule has 0 radical (unpaired) electrons. The number of amides is 1. The molecule has 6 heteroatoms. The molecule has 1 aliphatic rings. The van der Waals surface area contributed by atoms with Crippen molar-refractivity contribution >= 4 is 24.1 Å². The fraction of sp³-hybridized carbons (Fsp3) is 0.360. The van der Waals surface area contributed by atoms with Crippen LogP contribution in [0.1, 0.15) is 38.2 Å². The highest BCUT2D eigenvalue weighted by atomic mass is 16.5. The van der Waals surface area contributed by atoms with Gasteiger partial charge in [0.1, 0.15) is 12.4 Å². The van der Waals surface area contributed by atoms with E-state index in [-0.39, 0.29) is 0 Å². The van der Waals surface area contributed by atoms with Crippen LogP contribution in [0, 0.1) is 0 Å². The Balaban J connectivity index is 1.75. The fourth-order valence-corrected chi connectivity index (χ4v) is 3.52. The van der Waals surface area contributed by atoms with Crippen LogP contribution in [0.25, 0.3) is 17.2 Å². The molecule has 2 aromatic rings. The quantitative estimate of drug-likeness (QED) is 0.440. The first-order valence-electron chi connectivity index (χ1n) is 10.7. The van der Waals surface area contributed by atoms with Crippen molar-refractivity contribution in [2.75, 3.05) is 31.3 Å². The summed E-state index contributed by atoms with van der Waals surface area (Å²) in [7, 11) is 0. The minimum atomic E-state index is -0.920. The molecule has 31 heavy (non-hydrogen) atoms. The molecule has 1 heterocycles. The summed E-state index contributed by atoms with van der Waals surface area (Å²) in [4.78, 5) is 24.7. The summed E-state index contributed by atoms with van der Waals surface area (Å²) in [5.41, 5.74) is 3.74. The zero-order valence-corrected chi connectivity index (χ0v) is 17.9. The number of unbranched alkanes of at least 4 members (excludes halogenated alkanes) is 1. The molecule has 0 bridgehead atoms. The molecule has 0 aromatic heterocycles. The second kappa shape index (κ2) is 11.3. The van der Waals surface area contributed by atoms with Crippen molar-refractivity contribution in [3.05, 3.63) is 53.6 Å². The van der Waals surface area contributed by atoms with Gasteiger partial charge in [-0.15, -0.1) is 0 Å². The van der Waals surface area contributed by atoms with Gasteiger partial charge in [0, 0.05) is 18.7 Å². The number of benzene rings is 2. The highest BCUT2D eigenvalue weighted by molar-refractivity contribution is 5.95. The van der Waals surface area contributed by atoms with E-state index >= 15 is 0 Å². The molecule has 0 unspecified atom stereocenters. The first kappa shape index (κ1) is 22.6. The normalized spacial score (nSPS) is 15.3. The smallest absolute Gasteiger partial charge is 0.331 e. The summed E-state index contributed by atoms with van der Waals surface area (Å²) in [6.07, 6.45) is 5.69. The summed E-state index contributed by atoms with van der Waals surface area (Å²) in [6.45, 7) is 4.46. The van der Waals surface area contributed by atoms with E-state index in [4.69, 9.17) is 9.47 Å². The molecule has 1 amide bonds. The molecule has 6 nitrogen and oxygen atoms in total. The number of carboxylic acids is 1. The van der Waals surface area contributed by atoms with Gasteiger partial charge < -0.3 is 19.5 Å². The molecule has 0 aliphatic carbocycles. The number of carbonyl (C=O) groups excluding carboxylic acids is 1. The Morgan fingerprint density at radius 2 is 1.87 bits per heavy atom. The maximum Gasteiger partial charge on any atom is 0.331 e. The third-order valence-corrected chi connectivity index (χ3v) is 5.24. The van der Waals surface area contributed by atoms with E-state index in [1.165, 1.54) is 0 Å². The molecule has 0 saturated heterocycles. The van der Waals surface area contributed by atoms with Crippen molar-refractivity contribution in [1.29, 1.82) is 0 Å². The minimum Gasteiger partial charge on any atom is -0.491 e. The van der Waals surface area contributed by atoms with Gasteiger partial charge >= 0.3 is 5.97 Å². The topological polar surface area (TPSA) is 76.1 Å². The number of hydrogen-bond donors (Lipinski definition) is 1. The number of carbonyl (C=O) groups is 2. The molecule has 0 spiro atoms. The maximum atomic E-state index is 11.6. The van der Waals surface area contributed by atoms with Gasteiger partial charge in [0.15, 0.2) is 0 Å². The van der Waals surface area contributed by atoms with Crippen LogP contribution in [-0.2, 0) is 14.3 Å². The molecule has 3 rings (SSSR count). The number of carboxylic acid groups (broad SMARTS) is 1. The van der Waals surface area contributed by atoms with Crippen molar-refractivity contribution in [3.8, 4) is 16.9 Å². The van der Waals surface area contributed by atoms with Crippen LogP contribution in [-0.4, -0.2) is 43.9 Å². The number of fused-ring (bicyclic) bond motifs is 1. The Kier molecular flexibility index (Phi) is 8.24. The predicted octanol–water partition coefficient (Wildman–Crippen LogP) is 4.77. The zero-order chi connectivity index (χ0) is 22.1. The lowest BCUT2D eigenvalue weighted by atomic mass is 9.97. The van der Waals surface area contributed by atoms with Crippen LogP contribution in [0.15, 0.2) is 48.0 Å². The molecular weight excluding hydrogens is 394 g/mol. The Hall–Kier alpha value is -3.12. The van der Waals surface area contributed by atoms with Crippen molar-refractivity contribution in [2.45, 2.75) is 32.6 Å². The van der Waals surface area contributed by atoms with E-state index in [9.17, 15) is 14.7 Å². The zero-order valence-electron chi connectivity index (χ0n) is 17.9. The lowest BCUT2D eigenvalue weighted by Crippen LogP contribution is -2.24. The van der Waals surface area contributed by atoms with Gasteiger partial charge in [0.05, 0.1) is 12.3 Å². The number of nitrogens with zero attached hydrogens (tertiary/aromatic N) is 1. The largest absolute Gasteiger partial charge is 0.491 e. The van der Waals surface area contributed by atoms with Gasteiger partial charge in [-0.3, -0.25) is 4.79 Å². The van der Waals surface area contributed by atoms with Crippen LogP contribution in [0.4, 0.5) is 5.69 Å². The van der Waals surface area contributed by atoms with Crippen molar-refractivity contribution < 1.29 is 24.2 Å². The Morgan fingerprint density at radius 3 is 2.58 bits per heavy atom. The molecule has 0 saturated carbocycles. The van der Waals surface area contributed by atoms with Gasteiger partial charge in [-0.2, -0.15) is 0 Å². The molecule has 1 N–H and O–H groups in total. The summed E-state index contributed by atoms with van der Waals surface area (Å²) in [6, 6.07) is 13.5. The molecule has 2 aromatic carbocycles. The molecule has 0 atom stereocenters. The lowest BCUT2D eigenvalue weighted by Gasteiger charge is -2.23. The second-order valence-electron chi connectivity index (χ2n) is 7.49. The van der Waals surface area contributed by atoms with Gasteiger partial charge in [-0.05, 0) is 66.3 Å². The van der Waals surface area contributed by atoms with Crippen LogP contribution in [0.5, 0.6) is 5.75 Å². The fourth-order valence-electron chi connectivity index (χ4n) is 3.52. The maximum absolute atomic E-state index is 11.6. The van der Waals surface area contributed by atoms with E-state index < -0.39 is 5.97 Å². The van der Waals surface area contributed by atoms with Gasteiger partial charge in [-0.1, -0.05) is 31.5 Å². The SMILES string of the molecule is CCCCOCCOc1ccc(-c2ccc3c(c2)/C=C(/C(=O)O)CCCN3C=O)cc1. The third-order valence-electron chi connectivity index (χ3n) is 5.24. The Bertz CT molecular complexity index is 920. The van der Waals surface area contributed by atoms with E-state index in [1.54, 1.807) is 11.0 Å². The number of aliphatic carboxylic acids is 1. The van der Waals surface area contributed by atoms with Crippen molar-refractivity contribution in [1.82, 2.24) is 0 Å². The monoisotopic (exact) mass is 423 g/mol. The molecule has 1 aliphatic heterocycles. The summed E-state index contributed by atoms with van der Waals surface area (Å²) < 4.78 is 11.2. The number of hydrogen-bond acceptors (Lipinski definition) is 4. The Labute approximate surface area is 183 Å². The average Bonchev–Trinajstić information content (AvgIpc) is 2.77. The number of anilines is 1. The minimum absolute atomic E-state index is 0.355. The summed E-state index contributed by atoms with van der Waals surface area (Å²) >= 11 is 0. The second-order valence-corrected chi connectivity index (χ2v) is 7.49. The van der Waals surface area contributed by atoms with Crippen molar-refractivity contribution in [2.24, 2.45) is 0 Å². The highest BCUT2D eigenvalue weighted by Crippen LogP contribution is 2.32. The molecule has 164 valence electrons. The van der Waals surface area contributed by atoms with Crippen molar-refractivity contribution in [3.63, 3.8) is 0 Å². The lowest BCUT2D eigenvalue weighted by molar-refractivity contribution is -0.132. The van der Waals surface area contributed by atoms with Gasteiger partial charge in [0.2, 0.25) is 6.41 Å². The highest BCUT2D eigenvalue weighted by Gasteiger charge is 2.17. The first-order chi connectivity index (χ1) is 15.1. The average molecular weight is 424 g/mol. The number of rotatable bonds is 10. The molecular formula is C25H29NO5. The number of ether oxygens (including phenoxy) is 2. The van der Waals surface area contributed by atoms with E-state index in [0.29, 0.717) is 38.2 Å². The van der Waals surface area contributed by atoms with Crippen LogP contribution in [0.3, 0.4) is 0 Å². The molecule has 0 fully saturated rings. The van der Waals surface area contributed by atoms with Crippen LogP contribution >= 0.6 is 0 Å². The first-order valence-corrected chi connectivity index (χ1v) is 10.7. The van der Waals surface area contributed by atoms with Crippen LogP contribution < -0.4 is 9.64 Å². The summed E-state index contributed by atoms with van der Waals surface area (Å²) in [5, 5.41) is 9.48. The van der Waals surface area contributed by atoms with Gasteiger partial charge in [0.25, 0.3) is 0 Å². The van der Waals surface area contributed by atoms with E-state index in [2.05, 4.69) is 6.92 Å². The van der Waals surface area contributed by atoms with E-state index in [0.717, 1.165) is 54.0 Å². The van der Waals surface area contributed by atoms with Crippen LogP contribution in [0.2, 0.25) is 0 Å². The Morgan fingerprint density at radius 1 is 1.10 bits per heavy atom. The van der Waals surface area contributed by atoms with E-state index in [1.807, 2.05) is 42.5 Å².